The summed E-state index contributed by atoms with van der Waals surface area (Å²) in [4.78, 5) is 33.9. The Morgan fingerprint density at radius 1 is 0.895 bits per heavy atom. The third-order valence-electron chi connectivity index (χ3n) is 6.47. The van der Waals surface area contributed by atoms with Gasteiger partial charge in [0.05, 0.1) is 11.4 Å². The second kappa shape index (κ2) is 9.40. The summed E-state index contributed by atoms with van der Waals surface area (Å²) in [5, 5.41) is 11.5. The van der Waals surface area contributed by atoms with E-state index in [2.05, 4.69) is 25.5 Å². The molecule has 0 aliphatic carbocycles. The Morgan fingerprint density at radius 3 is 2.34 bits per heavy atom. The number of fused-ring (bicyclic) bond motifs is 1. The molecule has 0 atom stereocenters. The molecule has 0 bridgehead atoms. The Bertz CT molecular complexity index is 1850. The number of para-hydroxylation sites is 2. The van der Waals surface area contributed by atoms with Crippen LogP contribution in [0.1, 0.15) is 31.2 Å². The van der Waals surface area contributed by atoms with Crippen LogP contribution in [0.2, 0.25) is 0 Å². The van der Waals surface area contributed by atoms with E-state index >= 15 is 0 Å². The summed E-state index contributed by atoms with van der Waals surface area (Å²) in [7, 11) is 0. The highest BCUT2D eigenvalue weighted by atomic mass is 16.2. The Balaban J connectivity index is 1.43. The average Bonchev–Trinajstić information content (AvgIpc) is 3.59. The largest absolute Gasteiger partial charge is 0.334 e. The van der Waals surface area contributed by atoms with Gasteiger partial charge in [-0.2, -0.15) is 4.68 Å². The zero-order chi connectivity index (χ0) is 26.2. The van der Waals surface area contributed by atoms with Crippen molar-refractivity contribution < 1.29 is 0 Å². The van der Waals surface area contributed by atoms with Crippen LogP contribution in [0.4, 0.5) is 0 Å². The number of hydrogen-bond acceptors (Lipinski definition) is 6. The fraction of sp³-hybridized carbons (Fsp3) is 0.143. The molecule has 188 valence electrons. The number of rotatable bonds is 6. The second-order valence-corrected chi connectivity index (χ2v) is 9.28. The molecule has 0 saturated heterocycles. The summed E-state index contributed by atoms with van der Waals surface area (Å²) < 4.78 is 4.69. The summed E-state index contributed by atoms with van der Waals surface area (Å²) in [6, 6.07) is 24.9. The summed E-state index contributed by atoms with van der Waals surface area (Å²) in [5.41, 5.74) is 4.12. The van der Waals surface area contributed by atoms with E-state index in [0.717, 1.165) is 32.8 Å². The van der Waals surface area contributed by atoms with E-state index in [-0.39, 0.29) is 5.92 Å². The minimum atomic E-state index is -0.515. The van der Waals surface area contributed by atoms with Crippen LogP contribution in [-0.4, -0.2) is 39.3 Å². The van der Waals surface area contributed by atoms with Crippen LogP contribution >= 0.6 is 0 Å². The van der Waals surface area contributed by atoms with Gasteiger partial charge in [0.2, 0.25) is 0 Å². The van der Waals surface area contributed by atoms with Gasteiger partial charge in [0.25, 0.3) is 5.56 Å². The quantitative estimate of drug-likeness (QED) is 0.370. The zero-order valence-corrected chi connectivity index (χ0v) is 20.8. The van der Waals surface area contributed by atoms with Gasteiger partial charge < -0.3 is 4.57 Å². The summed E-state index contributed by atoms with van der Waals surface area (Å²) in [5.74, 6) is 0.768. The van der Waals surface area contributed by atoms with Crippen molar-refractivity contribution in [1.82, 2.24) is 39.3 Å². The van der Waals surface area contributed by atoms with E-state index in [4.69, 9.17) is 0 Å². The molecule has 0 saturated carbocycles. The molecule has 3 aromatic carbocycles. The first-order valence-corrected chi connectivity index (χ1v) is 12.2. The van der Waals surface area contributed by atoms with Crippen LogP contribution in [-0.2, 0) is 6.54 Å². The maximum atomic E-state index is 13.6. The number of nitrogens with zero attached hydrogens (tertiary/aromatic N) is 7. The molecule has 3 heterocycles. The van der Waals surface area contributed by atoms with E-state index < -0.39 is 11.2 Å². The van der Waals surface area contributed by atoms with Gasteiger partial charge in [0.1, 0.15) is 12.2 Å². The Labute approximate surface area is 216 Å². The Kier molecular flexibility index (Phi) is 5.76. The zero-order valence-electron chi connectivity index (χ0n) is 20.8. The molecule has 0 amide bonds. The van der Waals surface area contributed by atoms with Gasteiger partial charge in [-0.25, -0.2) is 14.3 Å². The topological polar surface area (TPSA) is 116 Å². The lowest BCUT2D eigenvalue weighted by molar-refractivity contribution is 0.681. The first-order valence-electron chi connectivity index (χ1n) is 12.2. The third-order valence-corrected chi connectivity index (χ3v) is 6.47. The number of aromatic nitrogens is 8. The van der Waals surface area contributed by atoms with Crippen LogP contribution in [0.15, 0.2) is 94.8 Å². The number of aromatic amines is 1. The van der Waals surface area contributed by atoms with Gasteiger partial charge in [-0.1, -0.05) is 74.5 Å². The smallest absolute Gasteiger partial charge is 0.317 e. The molecule has 0 unspecified atom stereocenters. The second-order valence-electron chi connectivity index (χ2n) is 9.28. The van der Waals surface area contributed by atoms with Crippen molar-refractivity contribution in [2.75, 3.05) is 0 Å². The summed E-state index contributed by atoms with van der Waals surface area (Å²) in [6.07, 6.45) is 1.57. The van der Waals surface area contributed by atoms with Crippen LogP contribution in [0.3, 0.4) is 0 Å². The normalized spacial score (nSPS) is 11.4. The number of H-pyrrole nitrogens is 1. The van der Waals surface area contributed by atoms with Crippen LogP contribution in [0.25, 0.3) is 33.7 Å². The standard InChI is InChI=1S/C28H24N8O2/c1-18(2)26-30-25-24(27(37)36(28(38)31-25)21-8-4-3-5-9-21)34(26)16-19-12-14-20(15-13-19)22-10-6-7-11-23(22)35-17-29-32-33-35/h3-15,17-18H,16H2,1-2H3,(H,31,38). The minimum absolute atomic E-state index is 0.0397. The maximum absolute atomic E-state index is 13.6. The minimum Gasteiger partial charge on any atom is -0.317 e. The van der Waals surface area contributed by atoms with E-state index in [1.807, 2.05) is 73.0 Å². The molecule has 10 nitrogen and oxygen atoms in total. The number of benzene rings is 3. The van der Waals surface area contributed by atoms with Crippen molar-refractivity contribution in [2.45, 2.75) is 26.3 Å². The van der Waals surface area contributed by atoms with E-state index in [1.165, 1.54) is 0 Å². The van der Waals surface area contributed by atoms with Crippen molar-refractivity contribution in [2.24, 2.45) is 0 Å². The van der Waals surface area contributed by atoms with Crippen molar-refractivity contribution in [3.05, 3.63) is 117 Å². The van der Waals surface area contributed by atoms with Gasteiger partial charge in [0, 0.05) is 18.0 Å². The first-order chi connectivity index (χ1) is 18.5. The number of hydrogen-bond donors (Lipinski definition) is 1. The SMILES string of the molecule is CC(C)c1nc2[nH]c(=O)n(-c3ccccc3)c(=O)c2n1Cc1ccc(-c2ccccc2-n2cnnn2)cc1. The molecule has 10 heteroatoms. The van der Waals surface area contributed by atoms with E-state index in [1.54, 1.807) is 35.3 Å². The van der Waals surface area contributed by atoms with E-state index in [9.17, 15) is 9.59 Å². The highest BCUT2D eigenvalue weighted by molar-refractivity contribution is 5.73. The monoisotopic (exact) mass is 504 g/mol. The molecule has 0 radical (unpaired) electrons. The molecule has 1 N–H and O–H groups in total. The Morgan fingerprint density at radius 2 is 1.63 bits per heavy atom. The van der Waals surface area contributed by atoms with E-state index in [0.29, 0.717) is 23.4 Å². The average molecular weight is 505 g/mol. The van der Waals surface area contributed by atoms with Gasteiger partial charge in [0.15, 0.2) is 11.2 Å². The fourth-order valence-electron chi connectivity index (χ4n) is 4.70. The summed E-state index contributed by atoms with van der Waals surface area (Å²) >= 11 is 0. The molecule has 38 heavy (non-hydrogen) atoms. The maximum Gasteiger partial charge on any atom is 0.334 e. The van der Waals surface area contributed by atoms with Gasteiger partial charge in [-0.3, -0.25) is 9.78 Å². The highest BCUT2D eigenvalue weighted by Crippen LogP contribution is 2.27. The highest BCUT2D eigenvalue weighted by Gasteiger charge is 2.20. The van der Waals surface area contributed by atoms with Crippen LogP contribution in [0, 0.1) is 0 Å². The molecule has 6 rings (SSSR count). The lowest BCUT2D eigenvalue weighted by atomic mass is 10.0. The third kappa shape index (κ3) is 4.01. The van der Waals surface area contributed by atoms with Gasteiger partial charge >= 0.3 is 5.69 Å². The van der Waals surface area contributed by atoms with Crippen molar-refractivity contribution in [3.8, 4) is 22.5 Å². The number of nitrogens with one attached hydrogen (secondary N) is 1. The molecule has 0 aliphatic heterocycles. The van der Waals surface area contributed by atoms with Gasteiger partial charge in [-0.15, -0.1) is 5.10 Å². The Hall–Kier alpha value is -5.12. The first kappa shape index (κ1) is 23.3. The fourth-order valence-corrected chi connectivity index (χ4v) is 4.70. The van der Waals surface area contributed by atoms with Crippen molar-refractivity contribution in [1.29, 1.82) is 0 Å². The summed E-state index contributed by atoms with van der Waals surface area (Å²) in [6.45, 7) is 4.46. The molecular weight excluding hydrogens is 480 g/mol. The molecule has 0 fully saturated rings. The lowest BCUT2D eigenvalue weighted by Crippen LogP contribution is -2.34. The lowest BCUT2D eigenvalue weighted by Gasteiger charge is -2.13. The number of imidazole rings is 1. The van der Waals surface area contributed by atoms with Crippen LogP contribution in [0.5, 0.6) is 0 Å². The molecule has 0 aliphatic rings. The molecular formula is C28H24N8O2. The number of tetrazole rings is 1. The van der Waals surface area contributed by atoms with Crippen LogP contribution < -0.4 is 11.2 Å². The van der Waals surface area contributed by atoms with Crippen molar-refractivity contribution >= 4 is 11.2 Å². The molecule has 3 aromatic heterocycles. The predicted molar refractivity (Wildman–Crippen MR) is 144 cm³/mol. The van der Waals surface area contributed by atoms with Gasteiger partial charge in [-0.05, 0) is 39.8 Å². The molecule has 6 aromatic rings. The predicted octanol–water partition coefficient (Wildman–Crippen LogP) is 3.69. The molecule has 0 spiro atoms. The van der Waals surface area contributed by atoms with Crippen molar-refractivity contribution in [3.63, 3.8) is 0 Å².